The first-order chi connectivity index (χ1) is 11.6. The molecule has 0 saturated carbocycles. The first kappa shape index (κ1) is 16.6. The zero-order valence-electron chi connectivity index (χ0n) is 13.6. The van der Waals surface area contributed by atoms with Gasteiger partial charge in [0.2, 0.25) is 5.91 Å². The SMILES string of the molecule is NC(=O)[C@@H]1c2cc(CNCCCc3ccncc3)ccc2C[C@H]1O. The maximum absolute atomic E-state index is 11.6. The Morgan fingerprint density at radius 1 is 1.25 bits per heavy atom. The van der Waals surface area contributed by atoms with E-state index in [0.717, 1.165) is 42.6 Å². The van der Waals surface area contributed by atoms with E-state index in [4.69, 9.17) is 5.73 Å². The second-order valence-corrected chi connectivity index (χ2v) is 6.32. The van der Waals surface area contributed by atoms with E-state index in [2.05, 4.69) is 10.3 Å². The van der Waals surface area contributed by atoms with Crippen molar-refractivity contribution in [3.8, 4) is 0 Å². The van der Waals surface area contributed by atoms with Crippen LogP contribution in [0.15, 0.2) is 42.7 Å². The van der Waals surface area contributed by atoms with Crippen LogP contribution in [0.1, 0.15) is 34.6 Å². The number of carbonyl (C=O) groups excluding carboxylic acids is 1. The average molecular weight is 325 g/mol. The maximum atomic E-state index is 11.6. The van der Waals surface area contributed by atoms with E-state index in [1.807, 2.05) is 42.7 Å². The minimum Gasteiger partial charge on any atom is -0.392 e. The summed E-state index contributed by atoms with van der Waals surface area (Å²) >= 11 is 0. The number of aromatic nitrogens is 1. The van der Waals surface area contributed by atoms with Gasteiger partial charge in [-0.3, -0.25) is 9.78 Å². The number of fused-ring (bicyclic) bond motifs is 1. The van der Waals surface area contributed by atoms with Gasteiger partial charge in [-0.15, -0.1) is 0 Å². The molecular weight excluding hydrogens is 302 g/mol. The van der Waals surface area contributed by atoms with E-state index in [0.29, 0.717) is 6.42 Å². The Morgan fingerprint density at radius 2 is 2.04 bits per heavy atom. The second kappa shape index (κ2) is 7.55. The van der Waals surface area contributed by atoms with E-state index < -0.39 is 17.9 Å². The highest BCUT2D eigenvalue weighted by molar-refractivity contribution is 5.84. The van der Waals surface area contributed by atoms with Crippen LogP contribution in [-0.4, -0.2) is 28.6 Å². The summed E-state index contributed by atoms with van der Waals surface area (Å²) in [6.45, 7) is 1.66. The molecule has 3 rings (SSSR count). The first-order valence-electron chi connectivity index (χ1n) is 8.34. The van der Waals surface area contributed by atoms with Gasteiger partial charge in [-0.1, -0.05) is 18.2 Å². The predicted molar refractivity (Wildman–Crippen MR) is 92.4 cm³/mol. The van der Waals surface area contributed by atoms with Crippen LogP contribution in [0, 0.1) is 0 Å². The topological polar surface area (TPSA) is 88.2 Å². The number of benzene rings is 1. The second-order valence-electron chi connectivity index (χ2n) is 6.32. The van der Waals surface area contributed by atoms with Crippen LogP contribution >= 0.6 is 0 Å². The van der Waals surface area contributed by atoms with Gasteiger partial charge < -0.3 is 16.2 Å². The summed E-state index contributed by atoms with van der Waals surface area (Å²) in [5.74, 6) is -1.03. The first-order valence-corrected chi connectivity index (χ1v) is 8.34. The Kier molecular flexibility index (Phi) is 5.23. The molecule has 4 N–H and O–H groups in total. The third-order valence-electron chi connectivity index (χ3n) is 4.56. The Balaban J connectivity index is 1.51. The molecule has 0 fully saturated rings. The van der Waals surface area contributed by atoms with Crippen LogP contribution < -0.4 is 11.1 Å². The number of hydrogen-bond acceptors (Lipinski definition) is 4. The van der Waals surface area contributed by atoms with Crippen molar-refractivity contribution < 1.29 is 9.90 Å². The molecule has 1 aliphatic rings. The molecule has 5 nitrogen and oxygen atoms in total. The van der Waals surface area contributed by atoms with Gasteiger partial charge in [0.1, 0.15) is 0 Å². The molecule has 1 amide bonds. The van der Waals surface area contributed by atoms with Gasteiger partial charge in [-0.25, -0.2) is 0 Å². The van der Waals surface area contributed by atoms with E-state index in [1.54, 1.807) is 0 Å². The molecule has 0 bridgehead atoms. The number of nitrogens with two attached hydrogens (primary N) is 1. The van der Waals surface area contributed by atoms with Crippen LogP contribution in [0.3, 0.4) is 0 Å². The standard InChI is InChI=1S/C19H23N3O2/c20-19(24)18-16-10-14(3-4-15(16)11-17(18)23)12-22-7-1-2-13-5-8-21-9-6-13/h3-6,8-10,17-18,22-23H,1-2,7,11-12H2,(H2,20,24)/t17-,18-/m1/s1. The molecule has 24 heavy (non-hydrogen) atoms. The quantitative estimate of drug-likeness (QED) is 0.669. The normalized spacial score (nSPS) is 19.2. The molecule has 1 aromatic carbocycles. The fraction of sp³-hybridized carbons (Fsp3) is 0.368. The lowest BCUT2D eigenvalue weighted by Gasteiger charge is -2.12. The molecule has 0 spiro atoms. The molecule has 126 valence electrons. The molecule has 0 unspecified atom stereocenters. The largest absolute Gasteiger partial charge is 0.392 e. The third kappa shape index (κ3) is 3.80. The fourth-order valence-electron chi connectivity index (χ4n) is 3.32. The van der Waals surface area contributed by atoms with E-state index in [-0.39, 0.29) is 0 Å². The van der Waals surface area contributed by atoms with Gasteiger partial charge in [-0.2, -0.15) is 0 Å². The highest BCUT2D eigenvalue weighted by Gasteiger charge is 2.35. The lowest BCUT2D eigenvalue weighted by atomic mass is 9.97. The molecule has 2 aromatic rings. The summed E-state index contributed by atoms with van der Waals surface area (Å²) in [5.41, 5.74) is 9.73. The van der Waals surface area contributed by atoms with Crippen molar-refractivity contribution in [1.29, 1.82) is 0 Å². The van der Waals surface area contributed by atoms with Gasteiger partial charge in [0.05, 0.1) is 12.0 Å². The summed E-state index contributed by atoms with van der Waals surface area (Å²) < 4.78 is 0. The summed E-state index contributed by atoms with van der Waals surface area (Å²) in [5, 5.41) is 13.4. The van der Waals surface area contributed by atoms with Crippen molar-refractivity contribution >= 4 is 5.91 Å². The molecular formula is C19H23N3O2. The average Bonchev–Trinajstić information content (AvgIpc) is 2.90. The molecule has 1 aromatic heterocycles. The molecule has 0 radical (unpaired) electrons. The predicted octanol–water partition coefficient (Wildman–Crippen LogP) is 1.29. The van der Waals surface area contributed by atoms with Crippen molar-refractivity contribution in [3.05, 3.63) is 65.0 Å². The van der Waals surface area contributed by atoms with Gasteiger partial charge in [-0.05, 0) is 60.2 Å². The number of aryl methyl sites for hydroxylation is 1. The number of carbonyl (C=O) groups is 1. The number of rotatable bonds is 7. The van der Waals surface area contributed by atoms with E-state index in [9.17, 15) is 9.90 Å². The van der Waals surface area contributed by atoms with Crippen LogP contribution in [0.5, 0.6) is 0 Å². The number of aliphatic hydroxyl groups is 1. The van der Waals surface area contributed by atoms with E-state index >= 15 is 0 Å². The summed E-state index contributed by atoms with van der Waals surface area (Å²) in [4.78, 5) is 15.6. The minimum absolute atomic E-state index is 0.455. The highest BCUT2D eigenvalue weighted by Crippen LogP contribution is 2.33. The fourth-order valence-corrected chi connectivity index (χ4v) is 3.32. The number of nitrogens with one attached hydrogen (secondary N) is 1. The van der Waals surface area contributed by atoms with Crippen molar-refractivity contribution in [3.63, 3.8) is 0 Å². The van der Waals surface area contributed by atoms with Crippen LogP contribution in [0.4, 0.5) is 0 Å². The van der Waals surface area contributed by atoms with Crippen molar-refractivity contribution in [2.75, 3.05) is 6.54 Å². The maximum Gasteiger partial charge on any atom is 0.227 e. The van der Waals surface area contributed by atoms with E-state index in [1.165, 1.54) is 5.56 Å². The minimum atomic E-state index is -0.693. The Hall–Kier alpha value is -2.24. The smallest absolute Gasteiger partial charge is 0.227 e. The number of amides is 1. The molecule has 0 saturated heterocycles. The third-order valence-corrected chi connectivity index (χ3v) is 4.56. The Bertz CT molecular complexity index is 703. The van der Waals surface area contributed by atoms with Gasteiger partial charge in [0, 0.05) is 18.9 Å². The highest BCUT2D eigenvalue weighted by atomic mass is 16.3. The monoisotopic (exact) mass is 325 g/mol. The number of nitrogens with zero attached hydrogens (tertiary/aromatic N) is 1. The van der Waals surface area contributed by atoms with Gasteiger partial charge >= 0.3 is 0 Å². The zero-order chi connectivity index (χ0) is 16.9. The van der Waals surface area contributed by atoms with Crippen LogP contribution in [0.25, 0.3) is 0 Å². The number of hydrogen-bond donors (Lipinski definition) is 3. The number of primary amides is 1. The Labute approximate surface area is 141 Å². The summed E-state index contributed by atoms with van der Waals surface area (Å²) in [6, 6.07) is 10.1. The van der Waals surface area contributed by atoms with Crippen LogP contribution in [0.2, 0.25) is 0 Å². The van der Waals surface area contributed by atoms with Crippen LogP contribution in [-0.2, 0) is 24.2 Å². The van der Waals surface area contributed by atoms with Gasteiger partial charge in [0.25, 0.3) is 0 Å². The van der Waals surface area contributed by atoms with Crippen molar-refractivity contribution in [2.45, 2.75) is 37.8 Å². The molecule has 1 heterocycles. The van der Waals surface area contributed by atoms with Crippen molar-refractivity contribution in [2.24, 2.45) is 5.73 Å². The zero-order valence-corrected chi connectivity index (χ0v) is 13.6. The van der Waals surface area contributed by atoms with Crippen molar-refractivity contribution in [1.82, 2.24) is 10.3 Å². The lowest BCUT2D eigenvalue weighted by molar-refractivity contribution is -0.121. The lowest BCUT2D eigenvalue weighted by Crippen LogP contribution is -2.28. The van der Waals surface area contributed by atoms with Gasteiger partial charge in [0.15, 0.2) is 0 Å². The summed E-state index contributed by atoms with van der Waals surface area (Å²) in [7, 11) is 0. The Morgan fingerprint density at radius 3 is 2.79 bits per heavy atom. The molecule has 2 atom stereocenters. The molecule has 1 aliphatic carbocycles. The number of pyridine rings is 1. The molecule has 0 aliphatic heterocycles. The molecule has 5 heteroatoms. The summed E-state index contributed by atoms with van der Waals surface area (Å²) in [6.07, 6.45) is 5.52. The number of aliphatic hydroxyl groups excluding tert-OH is 1.